The van der Waals surface area contributed by atoms with Crippen LogP contribution in [0.5, 0.6) is 0 Å². The second kappa shape index (κ2) is 5.92. The van der Waals surface area contributed by atoms with E-state index in [4.69, 9.17) is 19.7 Å². The Hall–Kier alpha value is -0.690. The van der Waals surface area contributed by atoms with E-state index in [0.29, 0.717) is 13.2 Å². The van der Waals surface area contributed by atoms with Gasteiger partial charge in [0.25, 0.3) is 5.91 Å². The molecule has 0 aliphatic carbocycles. The third kappa shape index (κ3) is 3.22. The molecular formula is C8H15NO5. The van der Waals surface area contributed by atoms with Gasteiger partial charge in [0.15, 0.2) is 6.10 Å². The Bertz CT molecular complexity index is 177. The number of rotatable bonds is 4. The number of aliphatic hydroxyl groups excluding tert-OH is 2. The molecule has 0 saturated carbocycles. The van der Waals surface area contributed by atoms with Crippen molar-refractivity contribution in [1.29, 1.82) is 0 Å². The summed E-state index contributed by atoms with van der Waals surface area (Å²) in [6, 6.07) is -0.631. The maximum atomic E-state index is 11.4. The van der Waals surface area contributed by atoms with E-state index in [0.717, 1.165) is 0 Å². The van der Waals surface area contributed by atoms with Gasteiger partial charge in [0.2, 0.25) is 0 Å². The summed E-state index contributed by atoms with van der Waals surface area (Å²) in [4.78, 5) is 11.4. The van der Waals surface area contributed by atoms with Gasteiger partial charge in [-0.25, -0.2) is 0 Å². The molecule has 1 saturated heterocycles. The normalized spacial score (nSPS) is 22.4. The van der Waals surface area contributed by atoms with Crippen LogP contribution in [-0.4, -0.2) is 61.3 Å². The molecule has 0 bridgehead atoms. The molecule has 0 spiro atoms. The van der Waals surface area contributed by atoms with Crippen molar-refractivity contribution in [3.8, 4) is 0 Å². The third-order valence-electron chi connectivity index (χ3n) is 1.90. The van der Waals surface area contributed by atoms with Crippen molar-refractivity contribution in [1.82, 2.24) is 5.32 Å². The van der Waals surface area contributed by atoms with Crippen LogP contribution in [0.2, 0.25) is 0 Å². The fraction of sp³-hybridized carbons (Fsp3) is 0.875. The first-order valence-electron chi connectivity index (χ1n) is 4.49. The molecule has 1 rings (SSSR count). The van der Waals surface area contributed by atoms with Crippen molar-refractivity contribution < 1.29 is 24.5 Å². The molecule has 1 atom stereocenters. The van der Waals surface area contributed by atoms with Crippen molar-refractivity contribution in [3.63, 3.8) is 0 Å². The maximum absolute atomic E-state index is 11.4. The number of carbonyl (C=O) groups excluding carboxylic acids is 1. The summed E-state index contributed by atoms with van der Waals surface area (Å²) in [6.45, 7) is 0.509. The van der Waals surface area contributed by atoms with Gasteiger partial charge in [-0.05, 0) is 0 Å². The summed E-state index contributed by atoms with van der Waals surface area (Å²) in [5, 5.41) is 19.9. The standard InChI is InChI=1S/C8H15NO5/c10-3-6(4-11)9-8(12)7-5-13-1-2-14-7/h6-7,10-11H,1-5H2,(H,9,12). The van der Waals surface area contributed by atoms with Gasteiger partial charge in [0, 0.05) is 0 Å². The summed E-state index contributed by atoms with van der Waals surface area (Å²) < 4.78 is 10.2. The molecule has 1 fully saturated rings. The first kappa shape index (κ1) is 11.4. The monoisotopic (exact) mass is 205 g/mol. The van der Waals surface area contributed by atoms with Gasteiger partial charge in [0.05, 0.1) is 39.1 Å². The molecule has 82 valence electrons. The van der Waals surface area contributed by atoms with Crippen LogP contribution < -0.4 is 5.32 Å². The topological polar surface area (TPSA) is 88.0 Å². The Labute approximate surface area is 81.8 Å². The SMILES string of the molecule is O=C(NC(CO)CO)C1COCCO1. The summed E-state index contributed by atoms with van der Waals surface area (Å²) >= 11 is 0. The predicted molar refractivity (Wildman–Crippen MR) is 46.7 cm³/mol. The predicted octanol–water partition coefficient (Wildman–Crippen LogP) is -2.13. The van der Waals surface area contributed by atoms with Gasteiger partial charge >= 0.3 is 0 Å². The van der Waals surface area contributed by atoms with Crippen molar-refractivity contribution in [3.05, 3.63) is 0 Å². The van der Waals surface area contributed by atoms with E-state index in [9.17, 15) is 4.79 Å². The second-order valence-corrected chi connectivity index (χ2v) is 3.01. The molecule has 14 heavy (non-hydrogen) atoms. The molecule has 3 N–H and O–H groups in total. The fourth-order valence-electron chi connectivity index (χ4n) is 1.08. The van der Waals surface area contributed by atoms with E-state index in [1.165, 1.54) is 0 Å². The highest BCUT2D eigenvalue weighted by atomic mass is 16.6. The van der Waals surface area contributed by atoms with Crippen LogP contribution in [-0.2, 0) is 14.3 Å². The molecule has 6 heteroatoms. The van der Waals surface area contributed by atoms with Gasteiger partial charge in [0.1, 0.15) is 0 Å². The highest BCUT2D eigenvalue weighted by Crippen LogP contribution is 2.00. The van der Waals surface area contributed by atoms with Crippen LogP contribution in [0, 0.1) is 0 Å². The van der Waals surface area contributed by atoms with E-state index in [1.807, 2.05) is 0 Å². The molecule has 1 aliphatic heterocycles. The van der Waals surface area contributed by atoms with E-state index in [1.54, 1.807) is 0 Å². The number of ether oxygens (including phenoxy) is 2. The highest BCUT2D eigenvalue weighted by molar-refractivity contribution is 5.81. The Balaban J connectivity index is 2.32. The van der Waals surface area contributed by atoms with Crippen molar-refractivity contribution in [2.45, 2.75) is 12.1 Å². The summed E-state index contributed by atoms with van der Waals surface area (Å²) in [5.41, 5.74) is 0. The Kier molecular flexibility index (Phi) is 4.81. The number of aliphatic hydroxyl groups is 2. The summed E-state index contributed by atoms with van der Waals surface area (Å²) in [5.74, 6) is -0.363. The number of nitrogens with one attached hydrogen (secondary N) is 1. The molecule has 1 aliphatic rings. The number of hydrogen-bond acceptors (Lipinski definition) is 5. The average Bonchev–Trinajstić information content (AvgIpc) is 2.26. The molecule has 1 unspecified atom stereocenters. The lowest BCUT2D eigenvalue weighted by molar-refractivity contribution is -0.148. The first-order chi connectivity index (χ1) is 6.77. The quantitative estimate of drug-likeness (QED) is 0.488. The van der Waals surface area contributed by atoms with Crippen LogP contribution in [0.15, 0.2) is 0 Å². The minimum Gasteiger partial charge on any atom is -0.394 e. The minimum atomic E-state index is -0.635. The lowest BCUT2D eigenvalue weighted by Gasteiger charge is -2.23. The zero-order valence-corrected chi connectivity index (χ0v) is 7.81. The molecule has 0 radical (unpaired) electrons. The number of hydrogen-bond donors (Lipinski definition) is 3. The van der Waals surface area contributed by atoms with Gasteiger partial charge in [-0.2, -0.15) is 0 Å². The van der Waals surface area contributed by atoms with E-state index in [2.05, 4.69) is 5.32 Å². The molecule has 1 amide bonds. The van der Waals surface area contributed by atoms with Crippen LogP contribution in [0.1, 0.15) is 0 Å². The van der Waals surface area contributed by atoms with Crippen molar-refractivity contribution >= 4 is 5.91 Å². The van der Waals surface area contributed by atoms with Crippen molar-refractivity contribution in [2.75, 3.05) is 33.0 Å². The van der Waals surface area contributed by atoms with Gasteiger partial charge in [-0.3, -0.25) is 4.79 Å². The van der Waals surface area contributed by atoms with Crippen molar-refractivity contribution in [2.24, 2.45) is 0 Å². The summed E-state index contributed by atoms with van der Waals surface area (Å²) in [7, 11) is 0. The smallest absolute Gasteiger partial charge is 0.251 e. The van der Waals surface area contributed by atoms with Crippen LogP contribution >= 0.6 is 0 Å². The molecule has 0 aromatic heterocycles. The Morgan fingerprint density at radius 3 is 2.64 bits per heavy atom. The van der Waals surface area contributed by atoms with E-state index in [-0.39, 0.29) is 25.7 Å². The molecule has 0 aromatic carbocycles. The minimum absolute atomic E-state index is 0.218. The largest absolute Gasteiger partial charge is 0.394 e. The molecule has 6 nitrogen and oxygen atoms in total. The zero-order valence-electron chi connectivity index (χ0n) is 7.81. The lowest BCUT2D eigenvalue weighted by atomic mass is 10.2. The second-order valence-electron chi connectivity index (χ2n) is 3.01. The zero-order chi connectivity index (χ0) is 10.4. The van der Waals surface area contributed by atoms with Crippen LogP contribution in [0.25, 0.3) is 0 Å². The van der Waals surface area contributed by atoms with Crippen LogP contribution in [0.4, 0.5) is 0 Å². The lowest BCUT2D eigenvalue weighted by Crippen LogP contribution is -2.49. The number of amides is 1. The Morgan fingerprint density at radius 1 is 1.43 bits per heavy atom. The molecular weight excluding hydrogens is 190 g/mol. The van der Waals surface area contributed by atoms with Crippen LogP contribution in [0.3, 0.4) is 0 Å². The number of carbonyl (C=O) groups is 1. The third-order valence-corrected chi connectivity index (χ3v) is 1.90. The summed E-state index contributed by atoms with van der Waals surface area (Å²) in [6.07, 6.45) is -0.635. The van der Waals surface area contributed by atoms with E-state index < -0.39 is 12.1 Å². The average molecular weight is 205 g/mol. The van der Waals surface area contributed by atoms with E-state index >= 15 is 0 Å². The Morgan fingerprint density at radius 2 is 2.14 bits per heavy atom. The van der Waals surface area contributed by atoms with Gasteiger partial charge < -0.3 is 25.0 Å². The molecule has 1 heterocycles. The molecule has 0 aromatic rings. The van der Waals surface area contributed by atoms with Gasteiger partial charge in [-0.1, -0.05) is 0 Å². The van der Waals surface area contributed by atoms with Gasteiger partial charge in [-0.15, -0.1) is 0 Å². The first-order valence-corrected chi connectivity index (χ1v) is 4.49. The highest BCUT2D eigenvalue weighted by Gasteiger charge is 2.24. The maximum Gasteiger partial charge on any atom is 0.251 e. The fourth-order valence-corrected chi connectivity index (χ4v) is 1.08.